The summed E-state index contributed by atoms with van der Waals surface area (Å²) >= 11 is 0. The molecule has 0 fully saturated rings. The summed E-state index contributed by atoms with van der Waals surface area (Å²) in [5.74, 6) is 3.40. The normalized spacial score (nSPS) is 15.6. The molecular weight excluding hydrogens is 411 g/mol. The molecule has 1 aliphatic heterocycles. The predicted octanol–water partition coefficient (Wildman–Crippen LogP) is 2.63. The minimum atomic E-state index is 0. The van der Waals surface area contributed by atoms with E-state index in [-0.39, 0.29) is 24.0 Å². The summed E-state index contributed by atoms with van der Waals surface area (Å²) < 4.78 is 0. The third-order valence-corrected chi connectivity index (χ3v) is 4.31. The number of terminal acetylenes is 1. The van der Waals surface area contributed by atoms with Crippen LogP contribution in [-0.2, 0) is 13.0 Å². The molecule has 1 aromatic carbocycles. The van der Waals surface area contributed by atoms with Gasteiger partial charge in [-0.05, 0) is 30.9 Å². The van der Waals surface area contributed by atoms with Gasteiger partial charge in [0, 0.05) is 25.7 Å². The third kappa shape index (κ3) is 5.99. The van der Waals surface area contributed by atoms with E-state index in [1.807, 2.05) is 0 Å². The van der Waals surface area contributed by atoms with Crippen LogP contribution >= 0.6 is 24.0 Å². The lowest BCUT2D eigenvalue weighted by atomic mass is 9.98. The highest BCUT2D eigenvalue weighted by Crippen LogP contribution is 2.21. The largest absolute Gasteiger partial charge is 0.357 e. The van der Waals surface area contributed by atoms with Crippen molar-refractivity contribution in [3.8, 4) is 12.3 Å². The Morgan fingerprint density at radius 1 is 1.29 bits per heavy atom. The topological polar surface area (TPSA) is 39.7 Å². The highest BCUT2D eigenvalue weighted by molar-refractivity contribution is 14.0. The summed E-state index contributed by atoms with van der Waals surface area (Å²) in [5.41, 5.74) is 2.95. The van der Waals surface area contributed by atoms with Gasteiger partial charge in [-0.1, -0.05) is 37.1 Å². The Morgan fingerprint density at radius 3 is 2.71 bits per heavy atom. The highest BCUT2D eigenvalue weighted by Gasteiger charge is 2.22. The lowest BCUT2D eigenvalue weighted by molar-refractivity contribution is 0.178. The Hall–Kier alpha value is -1.26. The molecule has 2 rings (SSSR count). The molecule has 0 amide bonds. The zero-order valence-corrected chi connectivity index (χ0v) is 17.0. The van der Waals surface area contributed by atoms with Gasteiger partial charge in [0.15, 0.2) is 5.96 Å². The Labute approximate surface area is 163 Å². The van der Waals surface area contributed by atoms with E-state index in [1.54, 1.807) is 0 Å². The summed E-state index contributed by atoms with van der Waals surface area (Å²) in [4.78, 5) is 7.26. The van der Waals surface area contributed by atoms with E-state index in [4.69, 9.17) is 11.4 Å². The molecule has 0 spiro atoms. The van der Waals surface area contributed by atoms with Crippen LogP contribution in [0.1, 0.15) is 31.4 Å². The van der Waals surface area contributed by atoms with Gasteiger partial charge in [0.05, 0.1) is 13.1 Å². The Kier molecular flexibility index (Phi) is 9.80. The van der Waals surface area contributed by atoms with Gasteiger partial charge in [-0.3, -0.25) is 9.89 Å². The molecule has 0 saturated carbocycles. The van der Waals surface area contributed by atoms with E-state index >= 15 is 0 Å². The van der Waals surface area contributed by atoms with Gasteiger partial charge >= 0.3 is 0 Å². The molecule has 0 bridgehead atoms. The molecule has 0 aromatic heterocycles. The van der Waals surface area contributed by atoms with Gasteiger partial charge in [-0.2, -0.15) is 0 Å². The lowest BCUT2D eigenvalue weighted by Crippen LogP contribution is -2.42. The van der Waals surface area contributed by atoms with Gasteiger partial charge < -0.3 is 10.6 Å². The number of hydrogen-bond donors (Lipinski definition) is 2. The number of hydrogen-bond acceptors (Lipinski definition) is 2. The molecule has 4 nitrogen and oxygen atoms in total. The van der Waals surface area contributed by atoms with E-state index < -0.39 is 0 Å². The average molecular weight is 440 g/mol. The second-order valence-corrected chi connectivity index (χ2v) is 5.83. The number of guanidine groups is 1. The monoisotopic (exact) mass is 440 g/mol. The second-order valence-electron chi connectivity index (χ2n) is 5.83. The van der Waals surface area contributed by atoms with Crippen molar-refractivity contribution in [2.45, 2.75) is 39.3 Å². The molecule has 1 heterocycles. The van der Waals surface area contributed by atoms with Crippen molar-refractivity contribution < 1.29 is 0 Å². The maximum Gasteiger partial charge on any atom is 0.192 e. The van der Waals surface area contributed by atoms with Crippen molar-refractivity contribution in [3.05, 3.63) is 35.4 Å². The fourth-order valence-electron chi connectivity index (χ4n) is 3.01. The first kappa shape index (κ1) is 20.8. The van der Waals surface area contributed by atoms with Crippen LogP contribution < -0.4 is 10.6 Å². The van der Waals surface area contributed by atoms with E-state index in [9.17, 15) is 0 Å². The standard InChI is InChI=1S/C19H28N4.HI/c1-4-12-21-19(20-6-3)22-14-18(5-2)23-13-11-16-9-7-8-10-17(16)15-23;/h1,7-10,18H,5-6,11-15H2,2-3H3,(H2,20,21,22);1H. The van der Waals surface area contributed by atoms with Crippen LogP contribution in [-0.4, -0.2) is 43.1 Å². The summed E-state index contributed by atoms with van der Waals surface area (Å²) in [6.45, 7) is 8.56. The first-order chi connectivity index (χ1) is 11.3. The fourth-order valence-corrected chi connectivity index (χ4v) is 3.01. The molecule has 24 heavy (non-hydrogen) atoms. The Morgan fingerprint density at radius 2 is 2.04 bits per heavy atom. The molecule has 0 saturated heterocycles. The van der Waals surface area contributed by atoms with Gasteiger partial charge in [-0.15, -0.1) is 30.4 Å². The quantitative estimate of drug-likeness (QED) is 0.309. The molecule has 2 N–H and O–H groups in total. The van der Waals surface area contributed by atoms with Gasteiger partial charge in [0.1, 0.15) is 0 Å². The minimum absolute atomic E-state index is 0. The van der Waals surface area contributed by atoms with E-state index in [2.05, 4.69) is 59.6 Å². The third-order valence-electron chi connectivity index (χ3n) is 4.31. The summed E-state index contributed by atoms with van der Waals surface area (Å²) in [6.07, 6.45) is 7.54. The second kappa shape index (κ2) is 11.3. The maximum atomic E-state index is 5.31. The molecular formula is C19H29IN4. The van der Waals surface area contributed by atoms with Crippen LogP contribution in [0, 0.1) is 12.3 Å². The number of nitrogens with zero attached hydrogens (tertiary/aromatic N) is 2. The van der Waals surface area contributed by atoms with Gasteiger partial charge in [-0.25, -0.2) is 0 Å². The molecule has 1 aromatic rings. The Balaban J connectivity index is 0.00000288. The number of fused-ring (bicyclic) bond motifs is 1. The first-order valence-electron chi connectivity index (χ1n) is 8.54. The summed E-state index contributed by atoms with van der Waals surface area (Å²) in [5, 5.41) is 6.39. The molecule has 5 heteroatoms. The first-order valence-corrected chi connectivity index (χ1v) is 8.54. The number of halogens is 1. The van der Waals surface area contributed by atoms with Crippen LogP contribution in [0.3, 0.4) is 0 Å². The summed E-state index contributed by atoms with van der Waals surface area (Å²) in [6, 6.07) is 9.23. The average Bonchev–Trinajstić information content (AvgIpc) is 2.60. The number of nitrogens with one attached hydrogen (secondary N) is 2. The lowest BCUT2D eigenvalue weighted by Gasteiger charge is -2.34. The zero-order chi connectivity index (χ0) is 16.5. The van der Waals surface area contributed by atoms with Crippen molar-refractivity contribution >= 4 is 29.9 Å². The van der Waals surface area contributed by atoms with E-state index in [1.165, 1.54) is 11.1 Å². The SMILES string of the molecule is C#CCNC(=NCC(CC)N1CCc2ccccc2C1)NCC.I. The van der Waals surface area contributed by atoms with Crippen LogP contribution in [0.4, 0.5) is 0 Å². The van der Waals surface area contributed by atoms with Crippen molar-refractivity contribution in [1.82, 2.24) is 15.5 Å². The number of rotatable bonds is 6. The van der Waals surface area contributed by atoms with Gasteiger partial charge in [0.25, 0.3) is 0 Å². The Bertz CT molecular complexity index is 565. The van der Waals surface area contributed by atoms with Crippen molar-refractivity contribution in [3.63, 3.8) is 0 Å². The minimum Gasteiger partial charge on any atom is -0.357 e. The van der Waals surface area contributed by atoms with Crippen LogP contribution in [0.15, 0.2) is 29.3 Å². The highest BCUT2D eigenvalue weighted by atomic mass is 127. The fraction of sp³-hybridized carbons (Fsp3) is 0.526. The van der Waals surface area contributed by atoms with Crippen LogP contribution in [0.2, 0.25) is 0 Å². The molecule has 1 atom stereocenters. The van der Waals surface area contributed by atoms with Crippen molar-refractivity contribution in [2.75, 3.05) is 26.2 Å². The molecule has 1 aliphatic rings. The predicted molar refractivity (Wildman–Crippen MR) is 113 cm³/mol. The van der Waals surface area contributed by atoms with Gasteiger partial charge in [0.2, 0.25) is 0 Å². The van der Waals surface area contributed by atoms with E-state index in [0.717, 1.165) is 45.0 Å². The number of benzene rings is 1. The smallest absolute Gasteiger partial charge is 0.192 e. The van der Waals surface area contributed by atoms with Crippen molar-refractivity contribution in [2.24, 2.45) is 4.99 Å². The molecule has 132 valence electrons. The molecule has 1 unspecified atom stereocenters. The van der Waals surface area contributed by atoms with E-state index in [0.29, 0.717) is 12.6 Å². The van der Waals surface area contributed by atoms with Crippen LogP contribution in [0.25, 0.3) is 0 Å². The zero-order valence-electron chi connectivity index (χ0n) is 14.7. The van der Waals surface area contributed by atoms with Crippen LogP contribution in [0.5, 0.6) is 0 Å². The number of aliphatic imine (C=N–C) groups is 1. The van der Waals surface area contributed by atoms with Crippen molar-refractivity contribution in [1.29, 1.82) is 0 Å². The summed E-state index contributed by atoms with van der Waals surface area (Å²) in [7, 11) is 0. The maximum absolute atomic E-state index is 5.31. The molecule has 0 aliphatic carbocycles. The molecule has 0 radical (unpaired) electrons.